The molecule has 1 aromatic carbocycles. The van der Waals surface area contributed by atoms with Gasteiger partial charge in [-0.25, -0.2) is 9.18 Å². The standard InChI is InChI=1S/C12H7Cl2FN4O2/c1-2-21-12(20)7-3-8(15)10(14)11(9(7)13)19-18-6(4-16)5-17/h3,19H,2H2,1H3. The second kappa shape index (κ2) is 7.44. The summed E-state index contributed by atoms with van der Waals surface area (Å²) < 4.78 is 18.4. The smallest absolute Gasteiger partial charge is 0.339 e. The molecule has 0 atom stereocenters. The van der Waals surface area contributed by atoms with Gasteiger partial charge in [0.15, 0.2) is 0 Å². The molecule has 0 radical (unpaired) electrons. The fourth-order valence-electron chi connectivity index (χ4n) is 1.25. The van der Waals surface area contributed by atoms with Crippen molar-refractivity contribution >= 4 is 40.6 Å². The van der Waals surface area contributed by atoms with Crippen molar-refractivity contribution < 1.29 is 13.9 Å². The van der Waals surface area contributed by atoms with Crippen LogP contribution >= 0.6 is 23.2 Å². The van der Waals surface area contributed by atoms with Crippen molar-refractivity contribution in [3.8, 4) is 12.1 Å². The molecule has 9 heteroatoms. The van der Waals surface area contributed by atoms with E-state index < -0.39 is 22.5 Å². The summed E-state index contributed by atoms with van der Waals surface area (Å²) in [7, 11) is 0. The van der Waals surface area contributed by atoms with Crippen molar-refractivity contribution in [3.05, 3.63) is 27.5 Å². The minimum atomic E-state index is -0.933. The molecule has 0 amide bonds. The number of nitrogens with one attached hydrogen (secondary N) is 1. The average molecular weight is 329 g/mol. The van der Waals surface area contributed by atoms with E-state index in [9.17, 15) is 9.18 Å². The quantitative estimate of drug-likeness (QED) is 0.396. The van der Waals surface area contributed by atoms with E-state index in [0.29, 0.717) is 0 Å². The number of benzene rings is 1. The molecule has 1 rings (SSSR count). The van der Waals surface area contributed by atoms with Gasteiger partial charge < -0.3 is 4.74 Å². The second-order valence-corrected chi connectivity index (χ2v) is 4.18. The van der Waals surface area contributed by atoms with Gasteiger partial charge in [-0.3, -0.25) is 5.43 Å². The van der Waals surface area contributed by atoms with Crippen molar-refractivity contribution in [1.29, 1.82) is 10.5 Å². The molecule has 21 heavy (non-hydrogen) atoms. The number of hydrazone groups is 1. The molecule has 6 nitrogen and oxygen atoms in total. The first-order chi connectivity index (χ1) is 9.96. The second-order valence-electron chi connectivity index (χ2n) is 3.43. The molecule has 108 valence electrons. The first-order valence-corrected chi connectivity index (χ1v) is 6.20. The first-order valence-electron chi connectivity index (χ1n) is 5.44. The maximum atomic E-state index is 13.7. The molecule has 0 aliphatic carbocycles. The van der Waals surface area contributed by atoms with Crippen LogP contribution < -0.4 is 5.43 Å². The van der Waals surface area contributed by atoms with Crippen LogP contribution in [0.4, 0.5) is 10.1 Å². The highest BCUT2D eigenvalue weighted by atomic mass is 35.5. The molecular weight excluding hydrogens is 322 g/mol. The van der Waals surface area contributed by atoms with Crippen LogP contribution in [0.5, 0.6) is 0 Å². The first kappa shape index (κ1) is 16.7. The zero-order valence-electron chi connectivity index (χ0n) is 10.6. The molecule has 1 aromatic rings. The lowest BCUT2D eigenvalue weighted by molar-refractivity contribution is 0.0526. The number of carbonyl (C=O) groups excluding carboxylic acids is 1. The molecule has 0 bridgehead atoms. The highest BCUT2D eigenvalue weighted by Gasteiger charge is 2.21. The summed E-state index contributed by atoms with van der Waals surface area (Å²) in [4.78, 5) is 11.6. The van der Waals surface area contributed by atoms with Crippen LogP contribution in [-0.4, -0.2) is 18.3 Å². The predicted molar refractivity (Wildman–Crippen MR) is 74.7 cm³/mol. The lowest BCUT2D eigenvalue weighted by atomic mass is 10.2. The number of esters is 1. The van der Waals surface area contributed by atoms with Crippen molar-refractivity contribution in [2.24, 2.45) is 5.10 Å². The summed E-state index contributed by atoms with van der Waals surface area (Å²) >= 11 is 11.6. The summed E-state index contributed by atoms with van der Waals surface area (Å²) in [5, 5.41) is 19.8. The van der Waals surface area contributed by atoms with Crippen LogP contribution in [0.3, 0.4) is 0 Å². The van der Waals surface area contributed by atoms with Gasteiger partial charge in [-0.05, 0) is 13.0 Å². The number of nitrogens with zero attached hydrogens (tertiary/aromatic N) is 3. The van der Waals surface area contributed by atoms with Crippen LogP contribution in [0, 0.1) is 28.5 Å². The minimum Gasteiger partial charge on any atom is -0.462 e. The Bertz CT molecular complexity index is 676. The molecule has 0 fully saturated rings. The van der Waals surface area contributed by atoms with Crippen LogP contribution in [0.2, 0.25) is 10.0 Å². The molecule has 0 unspecified atom stereocenters. The van der Waals surface area contributed by atoms with Gasteiger partial charge in [0, 0.05) is 0 Å². The third-order valence-corrected chi connectivity index (χ3v) is 2.90. The number of hydrogen-bond acceptors (Lipinski definition) is 6. The summed E-state index contributed by atoms with van der Waals surface area (Å²) in [6.07, 6.45) is 0. The number of nitriles is 2. The van der Waals surface area contributed by atoms with E-state index in [1.165, 1.54) is 12.1 Å². The molecular formula is C12H7Cl2FN4O2. The Hall–Kier alpha value is -2.35. The molecule has 0 aliphatic rings. The Morgan fingerprint density at radius 2 is 2.05 bits per heavy atom. The number of hydrogen-bond donors (Lipinski definition) is 1. The molecule has 0 heterocycles. The highest BCUT2D eigenvalue weighted by molar-refractivity contribution is 6.41. The number of anilines is 1. The largest absolute Gasteiger partial charge is 0.462 e. The maximum absolute atomic E-state index is 13.7. The van der Waals surface area contributed by atoms with E-state index in [1.54, 1.807) is 6.92 Å². The summed E-state index contributed by atoms with van der Waals surface area (Å²) in [6, 6.07) is 3.80. The Morgan fingerprint density at radius 3 is 2.57 bits per heavy atom. The number of halogens is 3. The number of ether oxygens (including phenoxy) is 1. The van der Waals surface area contributed by atoms with Crippen LogP contribution in [0.25, 0.3) is 0 Å². The lowest BCUT2D eigenvalue weighted by Gasteiger charge is -2.11. The summed E-state index contributed by atoms with van der Waals surface area (Å²) in [6.45, 7) is 1.65. The van der Waals surface area contributed by atoms with Crippen LogP contribution in [0.15, 0.2) is 11.2 Å². The Kier molecular flexibility index (Phi) is 5.92. The van der Waals surface area contributed by atoms with Gasteiger partial charge in [-0.1, -0.05) is 23.2 Å². The van der Waals surface area contributed by atoms with E-state index >= 15 is 0 Å². The molecule has 0 saturated heterocycles. The number of carbonyl (C=O) groups is 1. The monoisotopic (exact) mass is 328 g/mol. The Morgan fingerprint density at radius 1 is 1.43 bits per heavy atom. The van der Waals surface area contributed by atoms with E-state index in [2.05, 4.69) is 10.5 Å². The molecule has 1 N–H and O–H groups in total. The van der Waals surface area contributed by atoms with E-state index in [4.69, 9.17) is 38.5 Å². The lowest BCUT2D eigenvalue weighted by Crippen LogP contribution is -2.08. The Balaban J connectivity index is 3.33. The van der Waals surface area contributed by atoms with Gasteiger partial charge in [-0.15, -0.1) is 0 Å². The van der Waals surface area contributed by atoms with E-state index in [1.807, 2.05) is 0 Å². The van der Waals surface area contributed by atoms with Crippen molar-refractivity contribution in [2.45, 2.75) is 6.92 Å². The van der Waals surface area contributed by atoms with Crippen molar-refractivity contribution in [3.63, 3.8) is 0 Å². The molecule has 0 saturated carbocycles. The van der Waals surface area contributed by atoms with Gasteiger partial charge >= 0.3 is 5.97 Å². The van der Waals surface area contributed by atoms with Crippen LogP contribution in [0.1, 0.15) is 17.3 Å². The molecule has 0 aromatic heterocycles. The third kappa shape index (κ3) is 3.82. The normalized spacial score (nSPS) is 9.24. The molecule has 0 aliphatic heterocycles. The average Bonchev–Trinajstić information content (AvgIpc) is 2.47. The fourth-order valence-corrected chi connectivity index (χ4v) is 1.75. The van der Waals surface area contributed by atoms with Gasteiger partial charge in [0.25, 0.3) is 0 Å². The number of rotatable bonds is 4. The van der Waals surface area contributed by atoms with E-state index in [0.717, 1.165) is 6.07 Å². The third-order valence-electron chi connectivity index (χ3n) is 2.14. The fraction of sp³-hybridized carbons (Fsp3) is 0.167. The van der Waals surface area contributed by atoms with Gasteiger partial charge in [-0.2, -0.15) is 15.6 Å². The van der Waals surface area contributed by atoms with Gasteiger partial charge in [0.1, 0.15) is 23.0 Å². The molecule has 0 spiro atoms. The summed E-state index contributed by atoms with van der Waals surface area (Å²) in [5.41, 5.74) is 1.17. The maximum Gasteiger partial charge on any atom is 0.339 e. The van der Waals surface area contributed by atoms with Gasteiger partial charge in [0.2, 0.25) is 5.71 Å². The van der Waals surface area contributed by atoms with Gasteiger partial charge in [0.05, 0.1) is 22.9 Å². The summed E-state index contributed by atoms with van der Waals surface area (Å²) in [5.74, 6) is -1.77. The van der Waals surface area contributed by atoms with E-state index in [-0.39, 0.29) is 22.9 Å². The Labute approximate surface area is 129 Å². The van der Waals surface area contributed by atoms with Crippen LogP contribution in [-0.2, 0) is 4.74 Å². The topological polar surface area (TPSA) is 98.3 Å². The van der Waals surface area contributed by atoms with Crippen molar-refractivity contribution in [2.75, 3.05) is 12.0 Å². The predicted octanol–water partition coefficient (Wildman–Crippen LogP) is 3.12. The SMILES string of the molecule is CCOC(=O)c1cc(F)c(Cl)c(NN=C(C#N)C#N)c1Cl. The minimum absolute atomic E-state index is 0.0767. The highest BCUT2D eigenvalue weighted by Crippen LogP contribution is 2.36. The van der Waals surface area contributed by atoms with Crippen molar-refractivity contribution in [1.82, 2.24) is 0 Å². The zero-order chi connectivity index (χ0) is 16.0. The zero-order valence-corrected chi connectivity index (χ0v) is 12.1.